The fraction of sp³-hybridized carbons (Fsp3) is 0.429. The van der Waals surface area contributed by atoms with Crippen molar-refractivity contribution in [1.29, 1.82) is 0 Å². The number of nitrogens with zero attached hydrogens (tertiary/aromatic N) is 4. The molecule has 1 aliphatic rings. The molecule has 0 atom stereocenters. The lowest BCUT2D eigenvalue weighted by molar-refractivity contribution is -0.120. The van der Waals surface area contributed by atoms with Gasteiger partial charge < -0.3 is 5.32 Å². The van der Waals surface area contributed by atoms with Crippen molar-refractivity contribution in [2.45, 2.75) is 32.1 Å². The Kier molecular flexibility index (Phi) is 3.71. The molecule has 6 heteroatoms. The highest BCUT2D eigenvalue weighted by Crippen LogP contribution is 2.24. The van der Waals surface area contributed by atoms with Crippen molar-refractivity contribution in [3.63, 3.8) is 0 Å². The van der Waals surface area contributed by atoms with Crippen LogP contribution in [0.25, 0.3) is 5.82 Å². The van der Waals surface area contributed by atoms with E-state index in [1.807, 2.05) is 12.1 Å². The SMILES string of the molecule is O=C(Nc1ccc(-n2cncn2)nc1)C1CCCCC1. The van der Waals surface area contributed by atoms with Crippen LogP contribution >= 0.6 is 0 Å². The molecule has 2 aromatic heterocycles. The van der Waals surface area contributed by atoms with E-state index in [2.05, 4.69) is 20.4 Å². The molecule has 1 amide bonds. The second-order valence-corrected chi connectivity index (χ2v) is 5.07. The topological polar surface area (TPSA) is 72.7 Å². The van der Waals surface area contributed by atoms with Gasteiger partial charge in [0, 0.05) is 5.92 Å². The molecule has 0 saturated heterocycles. The van der Waals surface area contributed by atoms with Crippen molar-refractivity contribution in [2.75, 3.05) is 5.32 Å². The van der Waals surface area contributed by atoms with Crippen LogP contribution in [0.3, 0.4) is 0 Å². The predicted octanol–water partition coefficient (Wildman–Crippen LogP) is 2.18. The van der Waals surface area contributed by atoms with Crippen molar-refractivity contribution in [2.24, 2.45) is 5.92 Å². The van der Waals surface area contributed by atoms with Crippen LogP contribution in [-0.4, -0.2) is 25.7 Å². The van der Waals surface area contributed by atoms with E-state index in [0.717, 1.165) is 31.4 Å². The summed E-state index contributed by atoms with van der Waals surface area (Å²) in [7, 11) is 0. The van der Waals surface area contributed by atoms with Gasteiger partial charge in [0.15, 0.2) is 5.82 Å². The largest absolute Gasteiger partial charge is 0.324 e. The van der Waals surface area contributed by atoms with Gasteiger partial charge in [0.2, 0.25) is 5.91 Å². The zero-order valence-electron chi connectivity index (χ0n) is 11.2. The first-order valence-electron chi connectivity index (χ1n) is 6.95. The molecule has 2 aromatic rings. The minimum Gasteiger partial charge on any atom is -0.324 e. The van der Waals surface area contributed by atoms with Gasteiger partial charge in [-0.2, -0.15) is 5.10 Å². The molecule has 3 rings (SSSR count). The summed E-state index contributed by atoms with van der Waals surface area (Å²) in [5.41, 5.74) is 0.726. The van der Waals surface area contributed by atoms with E-state index in [0.29, 0.717) is 5.82 Å². The Labute approximate surface area is 117 Å². The van der Waals surface area contributed by atoms with Crippen molar-refractivity contribution >= 4 is 11.6 Å². The molecule has 1 fully saturated rings. The molecule has 6 nitrogen and oxygen atoms in total. The third kappa shape index (κ3) is 2.84. The van der Waals surface area contributed by atoms with E-state index in [4.69, 9.17) is 0 Å². The molecule has 0 aliphatic heterocycles. The number of pyridine rings is 1. The first-order valence-corrected chi connectivity index (χ1v) is 6.95. The van der Waals surface area contributed by atoms with E-state index < -0.39 is 0 Å². The monoisotopic (exact) mass is 271 g/mol. The van der Waals surface area contributed by atoms with Gasteiger partial charge in [-0.15, -0.1) is 0 Å². The Morgan fingerprint density at radius 3 is 2.75 bits per heavy atom. The number of hydrogen-bond acceptors (Lipinski definition) is 4. The summed E-state index contributed by atoms with van der Waals surface area (Å²) in [6.45, 7) is 0. The third-order valence-corrected chi connectivity index (χ3v) is 3.64. The summed E-state index contributed by atoms with van der Waals surface area (Å²) in [6.07, 6.45) is 10.2. The molecule has 1 aliphatic carbocycles. The van der Waals surface area contributed by atoms with Crippen LogP contribution in [0.5, 0.6) is 0 Å². The van der Waals surface area contributed by atoms with Gasteiger partial charge in [-0.25, -0.2) is 14.6 Å². The van der Waals surface area contributed by atoms with Crippen LogP contribution in [0, 0.1) is 5.92 Å². The molecule has 0 spiro atoms. The normalized spacial score (nSPS) is 16.0. The molecule has 0 unspecified atom stereocenters. The van der Waals surface area contributed by atoms with Crippen LogP contribution in [0.1, 0.15) is 32.1 Å². The fourth-order valence-electron chi connectivity index (χ4n) is 2.53. The summed E-state index contributed by atoms with van der Waals surface area (Å²) in [4.78, 5) is 20.3. The van der Waals surface area contributed by atoms with Gasteiger partial charge in [0.05, 0.1) is 11.9 Å². The Morgan fingerprint density at radius 2 is 2.10 bits per heavy atom. The lowest BCUT2D eigenvalue weighted by Gasteiger charge is -2.20. The number of nitrogens with one attached hydrogen (secondary N) is 1. The Balaban J connectivity index is 1.64. The molecule has 1 saturated carbocycles. The zero-order chi connectivity index (χ0) is 13.8. The summed E-state index contributed by atoms with van der Waals surface area (Å²) >= 11 is 0. The Hall–Kier alpha value is -2.24. The first-order chi connectivity index (χ1) is 9.83. The van der Waals surface area contributed by atoms with Crippen LogP contribution in [-0.2, 0) is 4.79 Å². The predicted molar refractivity (Wildman–Crippen MR) is 74.4 cm³/mol. The molecular formula is C14H17N5O. The van der Waals surface area contributed by atoms with Crippen molar-refractivity contribution in [3.05, 3.63) is 31.0 Å². The maximum Gasteiger partial charge on any atom is 0.227 e. The highest BCUT2D eigenvalue weighted by molar-refractivity contribution is 5.92. The fourth-order valence-corrected chi connectivity index (χ4v) is 2.53. The maximum atomic E-state index is 12.1. The quantitative estimate of drug-likeness (QED) is 0.928. The van der Waals surface area contributed by atoms with Crippen molar-refractivity contribution in [1.82, 2.24) is 19.7 Å². The maximum absolute atomic E-state index is 12.1. The molecule has 2 heterocycles. The standard InChI is InChI=1S/C14H17N5O/c20-14(11-4-2-1-3-5-11)18-12-6-7-13(16-8-12)19-10-15-9-17-19/h6-11H,1-5H2,(H,18,20). The average molecular weight is 271 g/mol. The summed E-state index contributed by atoms with van der Waals surface area (Å²) in [5.74, 6) is 0.942. The minimum absolute atomic E-state index is 0.111. The molecule has 0 radical (unpaired) electrons. The van der Waals surface area contributed by atoms with Gasteiger partial charge in [0.25, 0.3) is 0 Å². The highest BCUT2D eigenvalue weighted by Gasteiger charge is 2.21. The second kappa shape index (κ2) is 5.81. The van der Waals surface area contributed by atoms with Crippen LogP contribution in [0.2, 0.25) is 0 Å². The smallest absolute Gasteiger partial charge is 0.227 e. The number of hydrogen-bond donors (Lipinski definition) is 1. The molecule has 20 heavy (non-hydrogen) atoms. The van der Waals surface area contributed by atoms with Crippen LogP contribution in [0.15, 0.2) is 31.0 Å². The van der Waals surface area contributed by atoms with Gasteiger partial charge in [-0.3, -0.25) is 4.79 Å². The van der Waals surface area contributed by atoms with Crippen LogP contribution in [0.4, 0.5) is 5.69 Å². The number of carbonyl (C=O) groups is 1. The average Bonchev–Trinajstić information content (AvgIpc) is 3.03. The molecule has 104 valence electrons. The van der Waals surface area contributed by atoms with Gasteiger partial charge >= 0.3 is 0 Å². The van der Waals surface area contributed by atoms with Crippen molar-refractivity contribution < 1.29 is 4.79 Å². The van der Waals surface area contributed by atoms with Crippen LogP contribution < -0.4 is 5.32 Å². The highest BCUT2D eigenvalue weighted by atomic mass is 16.1. The number of aromatic nitrogens is 4. The van der Waals surface area contributed by atoms with E-state index in [-0.39, 0.29) is 11.8 Å². The third-order valence-electron chi connectivity index (χ3n) is 3.64. The molecule has 0 bridgehead atoms. The number of carbonyl (C=O) groups excluding carboxylic acids is 1. The lowest BCUT2D eigenvalue weighted by atomic mass is 9.88. The minimum atomic E-state index is 0.111. The number of rotatable bonds is 3. The van der Waals surface area contributed by atoms with E-state index >= 15 is 0 Å². The summed E-state index contributed by atoms with van der Waals surface area (Å²) in [5, 5.41) is 6.94. The summed E-state index contributed by atoms with van der Waals surface area (Å²) < 4.78 is 1.58. The summed E-state index contributed by atoms with van der Waals surface area (Å²) in [6, 6.07) is 3.65. The lowest BCUT2D eigenvalue weighted by Crippen LogP contribution is -2.24. The van der Waals surface area contributed by atoms with Gasteiger partial charge in [0.1, 0.15) is 12.7 Å². The molecule has 0 aromatic carbocycles. The van der Waals surface area contributed by atoms with Gasteiger partial charge in [-0.05, 0) is 25.0 Å². The molecule has 1 N–H and O–H groups in total. The number of anilines is 1. The second-order valence-electron chi connectivity index (χ2n) is 5.07. The van der Waals surface area contributed by atoms with E-state index in [9.17, 15) is 4.79 Å². The first kappa shape index (κ1) is 12.8. The zero-order valence-corrected chi connectivity index (χ0v) is 11.2. The van der Waals surface area contributed by atoms with Gasteiger partial charge in [-0.1, -0.05) is 19.3 Å². The Bertz CT molecular complexity index is 558. The Morgan fingerprint density at radius 1 is 1.25 bits per heavy atom. The van der Waals surface area contributed by atoms with E-state index in [1.165, 1.54) is 12.7 Å². The number of amides is 1. The van der Waals surface area contributed by atoms with Crippen molar-refractivity contribution in [3.8, 4) is 5.82 Å². The van der Waals surface area contributed by atoms with E-state index in [1.54, 1.807) is 17.2 Å². The molecular weight excluding hydrogens is 254 g/mol.